The smallest absolute Gasteiger partial charge is 0.306 e. The van der Waals surface area contributed by atoms with Crippen LogP contribution < -0.4 is 0 Å². The number of ether oxygens (including phenoxy) is 2. The third-order valence-corrected chi connectivity index (χ3v) is 3.11. The summed E-state index contributed by atoms with van der Waals surface area (Å²) in [6.07, 6.45) is 1.73. The molecule has 0 aliphatic rings. The Morgan fingerprint density at radius 1 is 0.727 bits per heavy atom. The summed E-state index contributed by atoms with van der Waals surface area (Å²) in [5.41, 5.74) is -0.988. The van der Waals surface area contributed by atoms with Crippen LogP contribution in [0.25, 0.3) is 0 Å². The molecule has 4 heteroatoms. The molecule has 0 atom stereocenters. The summed E-state index contributed by atoms with van der Waals surface area (Å²) >= 11 is 0. The van der Waals surface area contributed by atoms with Crippen LogP contribution in [0, 0.1) is 11.8 Å². The van der Waals surface area contributed by atoms with Crippen molar-refractivity contribution in [2.45, 2.75) is 92.3 Å². The summed E-state index contributed by atoms with van der Waals surface area (Å²) in [4.78, 5) is 23.7. The van der Waals surface area contributed by atoms with Gasteiger partial charge in [0.2, 0.25) is 0 Å². The van der Waals surface area contributed by atoms with Crippen LogP contribution in [-0.2, 0) is 19.1 Å². The second-order valence-corrected chi connectivity index (χ2v) is 8.16. The maximum atomic E-state index is 11.9. The molecular weight excluding hydrogens is 280 g/mol. The molecule has 0 unspecified atom stereocenters. The predicted octanol–water partition coefficient (Wildman–Crippen LogP) is 4.50. The van der Waals surface area contributed by atoms with Crippen molar-refractivity contribution in [2.75, 3.05) is 0 Å². The molecule has 0 saturated carbocycles. The van der Waals surface area contributed by atoms with Gasteiger partial charge in [-0.1, -0.05) is 27.7 Å². The summed E-state index contributed by atoms with van der Waals surface area (Å²) in [6.45, 7) is 15.9. The largest absolute Gasteiger partial charge is 0.460 e. The highest BCUT2D eigenvalue weighted by Gasteiger charge is 2.26. The van der Waals surface area contributed by atoms with Crippen LogP contribution in [0.4, 0.5) is 0 Å². The minimum Gasteiger partial charge on any atom is -0.460 e. The second kappa shape index (κ2) is 8.54. The normalized spacial score (nSPS) is 12.6. The third-order valence-electron chi connectivity index (χ3n) is 3.11. The molecule has 0 aromatic carbocycles. The summed E-state index contributed by atoms with van der Waals surface area (Å²) in [5.74, 6) is 0.211. The summed E-state index contributed by atoms with van der Waals surface area (Å²) in [7, 11) is 0. The van der Waals surface area contributed by atoms with E-state index in [2.05, 4.69) is 27.7 Å². The van der Waals surface area contributed by atoms with E-state index in [0.29, 0.717) is 11.8 Å². The molecule has 0 aromatic rings. The highest BCUT2D eigenvalue weighted by Crippen LogP contribution is 2.23. The molecule has 0 spiro atoms. The Bertz CT molecular complexity index is 331. The van der Waals surface area contributed by atoms with Gasteiger partial charge in [0.05, 0.1) is 12.8 Å². The quantitative estimate of drug-likeness (QED) is 0.588. The van der Waals surface area contributed by atoms with E-state index in [0.717, 1.165) is 12.8 Å². The number of esters is 2. The standard InChI is InChI=1S/C18H34O4/c1-13(2)11-17(5,6)21-15(19)9-10-16(20)22-18(7,8)12-14(3)4/h13-14H,9-12H2,1-8H3. The van der Waals surface area contributed by atoms with Crippen LogP contribution in [0.5, 0.6) is 0 Å². The van der Waals surface area contributed by atoms with Crippen LogP contribution in [0.2, 0.25) is 0 Å². The van der Waals surface area contributed by atoms with E-state index in [1.54, 1.807) is 0 Å². The average Bonchev–Trinajstić information content (AvgIpc) is 2.20. The maximum Gasteiger partial charge on any atom is 0.306 e. The monoisotopic (exact) mass is 314 g/mol. The lowest BCUT2D eigenvalue weighted by atomic mass is 9.96. The molecule has 0 aliphatic heterocycles. The van der Waals surface area contributed by atoms with Gasteiger partial charge in [0.25, 0.3) is 0 Å². The van der Waals surface area contributed by atoms with Gasteiger partial charge in [0.1, 0.15) is 11.2 Å². The number of hydrogen-bond acceptors (Lipinski definition) is 4. The number of carbonyl (C=O) groups excluding carboxylic acids is 2. The molecule has 130 valence electrons. The minimum absolute atomic E-state index is 0.0676. The van der Waals surface area contributed by atoms with Crippen molar-refractivity contribution in [3.8, 4) is 0 Å². The van der Waals surface area contributed by atoms with E-state index in [4.69, 9.17) is 9.47 Å². The Hall–Kier alpha value is -1.06. The Kier molecular flexibility index (Phi) is 8.13. The first-order valence-electron chi connectivity index (χ1n) is 8.26. The molecule has 0 amide bonds. The molecule has 4 nitrogen and oxygen atoms in total. The fourth-order valence-corrected chi connectivity index (χ4v) is 2.97. The predicted molar refractivity (Wildman–Crippen MR) is 88.5 cm³/mol. The Balaban J connectivity index is 4.22. The van der Waals surface area contributed by atoms with E-state index in [9.17, 15) is 9.59 Å². The van der Waals surface area contributed by atoms with Crippen molar-refractivity contribution in [3.63, 3.8) is 0 Å². The molecular formula is C18H34O4. The molecule has 0 saturated heterocycles. The van der Waals surface area contributed by atoms with E-state index >= 15 is 0 Å². The first kappa shape index (κ1) is 20.9. The molecule has 0 heterocycles. The molecule has 0 radical (unpaired) electrons. The van der Waals surface area contributed by atoms with Crippen LogP contribution in [-0.4, -0.2) is 23.1 Å². The van der Waals surface area contributed by atoms with Crippen molar-refractivity contribution >= 4 is 11.9 Å². The Morgan fingerprint density at radius 3 is 1.23 bits per heavy atom. The topological polar surface area (TPSA) is 52.6 Å². The van der Waals surface area contributed by atoms with Crippen molar-refractivity contribution in [2.24, 2.45) is 11.8 Å². The van der Waals surface area contributed by atoms with Gasteiger partial charge in [-0.2, -0.15) is 0 Å². The fourth-order valence-electron chi connectivity index (χ4n) is 2.97. The number of carbonyl (C=O) groups is 2. The fraction of sp³-hybridized carbons (Fsp3) is 0.889. The van der Waals surface area contributed by atoms with Crippen LogP contribution in [0.15, 0.2) is 0 Å². The molecule has 0 bridgehead atoms. The second-order valence-electron chi connectivity index (χ2n) is 8.16. The van der Waals surface area contributed by atoms with E-state index < -0.39 is 11.2 Å². The first-order valence-corrected chi connectivity index (χ1v) is 8.26. The molecule has 0 rings (SSSR count). The SMILES string of the molecule is CC(C)CC(C)(C)OC(=O)CCC(=O)OC(C)(C)CC(C)C. The lowest BCUT2D eigenvalue weighted by Crippen LogP contribution is -2.31. The highest BCUT2D eigenvalue weighted by molar-refractivity contribution is 5.78. The van der Waals surface area contributed by atoms with Crippen molar-refractivity contribution in [1.29, 1.82) is 0 Å². The summed E-state index contributed by atoms with van der Waals surface area (Å²) < 4.78 is 10.9. The third kappa shape index (κ3) is 10.6. The minimum atomic E-state index is -0.494. The zero-order valence-corrected chi connectivity index (χ0v) is 15.6. The van der Waals surface area contributed by atoms with Crippen LogP contribution in [0.3, 0.4) is 0 Å². The van der Waals surface area contributed by atoms with Crippen molar-refractivity contribution in [1.82, 2.24) is 0 Å². The van der Waals surface area contributed by atoms with Gasteiger partial charge in [0, 0.05) is 0 Å². The lowest BCUT2D eigenvalue weighted by molar-refractivity contribution is -0.165. The zero-order chi connectivity index (χ0) is 17.6. The van der Waals surface area contributed by atoms with Crippen molar-refractivity contribution < 1.29 is 19.1 Å². The first-order chi connectivity index (χ1) is 9.83. The van der Waals surface area contributed by atoms with Gasteiger partial charge in [0.15, 0.2) is 0 Å². The molecule has 22 heavy (non-hydrogen) atoms. The molecule has 0 fully saturated rings. The van der Waals surface area contributed by atoms with Crippen LogP contribution >= 0.6 is 0 Å². The van der Waals surface area contributed by atoms with Gasteiger partial charge in [-0.15, -0.1) is 0 Å². The average molecular weight is 314 g/mol. The Labute approximate surface area is 135 Å². The van der Waals surface area contributed by atoms with Gasteiger partial charge in [-0.05, 0) is 52.4 Å². The molecule has 0 aromatic heterocycles. The van der Waals surface area contributed by atoms with Gasteiger partial charge in [-0.25, -0.2) is 0 Å². The Morgan fingerprint density at radius 2 is 1.00 bits per heavy atom. The summed E-state index contributed by atoms with van der Waals surface area (Å²) in [6, 6.07) is 0. The number of hydrogen-bond donors (Lipinski definition) is 0. The van der Waals surface area contributed by atoms with Gasteiger partial charge >= 0.3 is 11.9 Å². The summed E-state index contributed by atoms with van der Waals surface area (Å²) in [5, 5.41) is 0. The lowest BCUT2D eigenvalue weighted by Gasteiger charge is -2.28. The van der Waals surface area contributed by atoms with E-state index in [1.165, 1.54) is 0 Å². The van der Waals surface area contributed by atoms with Gasteiger partial charge < -0.3 is 9.47 Å². The van der Waals surface area contributed by atoms with Gasteiger partial charge in [-0.3, -0.25) is 9.59 Å². The maximum absolute atomic E-state index is 11.9. The van der Waals surface area contributed by atoms with Crippen LogP contribution in [0.1, 0.15) is 81.1 Å². The van der Waals surface area contributed by atoms with Crippen molar-refractivity contribution in [3.05, 3.63) is 0 Å². The number of rotatable bonds is 9. The zero-order valence-electron chi connectivity index (χ0n) is 15.6. The van der Waals surface area contributed by atoms with E-state index in [-0.39, 0.29) is 24.8 Å². The highest BCUT2D eigenvalue weighted by atomic mass is 16.6. The molecule has 0 aliphatic carbocycles. The van der Waals surface area contributed by atoms with E-state index in [1.807, 2.05) is 27.7 Å². The molecule has 0 N–H and O–H groups in total.